The van der Waals surface area contributed by atoms with Crippen LogP contribution in [0.2, 0.25) is 0 Å². The molecule has 0 radical (unpaired) electrons. The molecule has 5 nitrogen and oxygen atoms in total. The maximum Gasteiger partial charge on any atom is 0.134 e. The Labute approximate surface area is 170 Å². The van der Waals surface area contributed by atoms with Crippen molar-refractivity contribution in [1.82, 2.24) is 24.6 Å². The second-order valence-corrected chi connectivity index (χ2v) is 7.22. The van der Waals surface area contributed by atoms with Crippen molar-refractivity contribution < 1.29 is 4.39 Å². The first-order chi connectivity index (χ1) is 14.2. The van der Waals surface area contributed by atoms with E-state index in [2.05, 4.69) is 56.7 Å². The third-order valence-corrected chi connectivity index (χ3v) is 5.51. The molecule has 0 fully saturated rings. The van der Waals surface area contributed by atoms with Gasteiger partial charge in [-0.05, 0) is 31.5 Å². The summed E-state index contributed by atoms with van der Waals surface area (Å²) in [5, 5.41) is 12.9. The van der Waals surface area contributed by atoms with E-state index in [-0.39, 0.29) is 5.82 Å². The number of para-hydroxylation sites is 1. The molecular weight excluding hydrogens is 365 g/mol. The maximum atomic E-state index is 14.2. The van der Waals surface area contributed by atoms with E-state index in [1.165, 1.54) is 22.7 Å². The third kappa shape index (κ3) is 3.93. The minimum absolute atomic E-state index is 0.163. The Kier molecular flexibility index (Phi) is 5.71. The van der Waals surface area contributed by atoms with Crippen molar-refractivity contribution in [3.63, 3.8) is 0 Å². The van der Waals surface area contributed by atoms with E-state index in [0.717, 1.165) is 37.4 Å². The molecule has 0 amide bonds. The molecular formula is C23H26FN5. The van der Waals surface area contributed by atoms with E-state index in [1.54, 1.807) is 12.4 Å². The molecule has 0 atom stereocenters. The highest BCUT2D eigenvalue weighted by atomic mass is 19.1. The van der Waals surface area contributed by atoms with E-state index in [4.69, 9.17) is 0 Å². The van der Waals surface area contributed by atoms with Crippen LogP contribution in [0.3, 0.4) is 0 Å². The zero-order valence-corrected chi connectivity index (χ0v) is 16.9. The third-order valence-electron chi connectivity index (χ3n) is 5.51. The van der Waals surface area contributed by atoms with Crippen LogP contribution < -0.4 is 5.32 Å². The Hall–Kier alpha value is -2.99. The second-order valence-electron chi connectivity index (χ2n) is 7.22. The highest BCUT2D eigenvalue weighted by Gasteiger charge is 2.15. The zero-order valence-electron chi connectivity index (χ0n) is 16.9. The largest absolute Gasteiger partial charge is 0.340 e. The van der Waals surface area contributed by atoms with Gasteiger partial charge in [-0.2, -0.15) is 0 Å². The van der Waals surface area contributed by atoms with Gasteiger partial charge >= 0.3 is 0 Å². The lowest BCUT2D eigenvalue weighted by atomic mass is 10.1. The number of rotatable bonds is 8. The number of fused-ring (bicyclic) bond motifs is 1. The first-order valence-electron chi connectivity index (χ1n) is 10.1. The van der Waals surface area contributed by atoms with Gasteiger partial charge in [0, 0.05) is 48.2 Å². The molecule has 2 heterocycles. The van der Waals surface area contributed by atoms with Crippen molar-refractivity contribution in [2.45, 2.75) is 39.9 Å². The molecule has 2 aromatic carbocycles. The molecule has 0 saturated carbocycles. The Bertz CT molecular complexity index is 1110. The quantitative estimate of drug-likeness (QED) is 0.461. The van der Waals surface area contributed by atoms with Gasteiger partial charge in [0.15, 0.2) is 0 Å². The molecule has 1 N–H and O–H groups in total. The van der Waals surface area contributed by atoms with Crippen LogP contribution in [-0.4, -0.2) is 25.9 Å². The van der Waals surface area contributed by atoms with Gasteiger partial charge in [-0.15, -0.1) is 10.2 Å². The van der Waals surface area contributed by atoms with Crippen molar-refractivity contribution in [2.24, 2.45) is 0 Å². The summed E-state index contributed by atoms with van der Waals surface area (Å²) in [4.78, 5) is 0. The van der Waals surface area contributed by atoms with Gasteiger partial charge in [0.2, 0.25) is 0 Å². The van der Waals surface area contributed by atoms with Gasteiger partial charge < -0.3 is 14.5 Å². The molecule has 0 aliphatic heterocycles. The summed E-state index contributed by atoms with van der Waals surface area (Å²) in [6.07, 6.45) is 2.61. The fraction of sp³-hybridized carbons (Fsp3) is 0.304. The summed E-state index contributed by atoms with van der Waals surface area (Å²) in [6.45, 7) is 7.20. The highest BCUT2D eigenvalue weighted by Crippen LogP contribution is 2.27. The Balaban J connectivity index is 1.53. The summed E-state index contributed by atoms with van der Waals surface area (Å²) in [5.74, 6) is 0.836. The first-order valence-corrected chi connectivity index (χ1v) is 10.1. The number of hydrogen-bond acceptors (Lipinski definition) is 3. The van der Waals surface area contributed by atoms with Crippen LogP contribution in [0.15, 0.2) is 54.9 Å². The van der Waals surface area contributed by atoms with E-state index in [0.29, 0.717) is 12.1 Å². The van der Waals surface area contributed by atoms with Crippen LogP contribution in [0.25, 0.3) is 10.9 Å². The highest BCUT2D eigenvalue weighted by molar-refractivity contribution is 5.85. The minimum Gasteiger partial charge on any atom is -0.340 e. The molecule has 0 aliphatic carbocycles. The Morgan fingerprint density at radius 1 is 1.07 bits per heavy atom. The molecule has 0 aliphatic rings. The van der Waals surface area contributed by atoms with Gasteiger partial charge in [0.1, 0.15) is 18.0 Å². The Morgan fingerprint density at radius 2 is 1.86 bits per heavy atom. The number of benzene rings is 2. The molecule has 0 unspecified atom stereocenters. The fourth-order valence-electron chi connectivity index (χ4n) is 3.88. The normalized spacial score (nSPS) is 11.4. The summed E-state index contributed by atoms with van der Waals surface area (Å²) >= 11 is 0. The Morgan fingerprint density at radius 3 is 2.69 bits per heavy atom. The van der Waals surface area contributed by atoms with Gasteiger partial charge in [-0.3, -0.25) is 0 Å². The minimum atomic E-state index is -0.163. The van der Waals surface area contributed by atoms with E-state index in [9.17, 15) is 4.39 Å². The number of aryl methyl sites for hydroxylation is 1. The predicted octanol–water partition coefficient (Wildman–Crippen LogP) is 4.08. The predicted molar refractivity (Wildman–Crippen MR) is 113 cm³/mol. The van der Waals surface area contributed by atoms with Gasteiger partial charge in [-0.25, -0.2) is 4.39 Å². The second kappa shape index (κ2) is 8.57. The maximum absolute atomic E-state index is 14.2. The molecule has 29 heavy (non-hydrogen) atoms. The van der Waals surface area contributed by atoms with Crippen LogP contribution >= 0.6 is 0 Å². The number of nitrogens with one attached hydrogen (secondary N) is 1. The lowest BCUT2D eigenvalue weighted by Gasteiger charge is -2.10. The van der Waals surface area contributed by atoms with E-state index >= 15 is 0 Å². The lowest BCUT2D eigenvalue weighted by Crippen LogP contribution is -2.19. The standard InChI is InChI=1S/C23H26FN5/c1-3-28-16-26-27-23(28)12-13-25-14-20-17(2)29(22-11-7-5-9-19(20)22)15-18-8-4-6-10-21(18)24/h4-11,16,25H,3,12-15H2,1-2H3. The summed E-state index contributed by atoms with van der Waals surface area (Å²) in [6, 6.07) is 15.3. The van der Waals surface area contributed by atoms with Crippen LogP contribution in [0, 0.1) is 12.7 Å². The van der Waals surface area contributed by atoms with Crippen molar-refractivity contribution in [2.75, 3.05) is 6.54 Å². The lowest BCUT2D eigenvalue weighted by molar-refractivity contribution is 0.599. The van der Waals surface area contributed by atoms with Crippen molar-refractivity contribution in [3.8, 4) is 0 Å². The molecule has 4 rings (SSSR count). The SMILES string of the molecule is CCn1cnnc1CCNCc1c(C)n(Cc2ccccc2F)c2ccccc12. The van der Waals surface area contributed by atoms with Gasteiger partial charge in [0.25, 0.3) is 0 Å². The zero-order chi connectivity index (χ0) is 20.2. The van der Waals surface area contributed by atoms with Crippen LogP contribution in [0.4, 0.5) is 4.39 Å². The summed E-state index contributed by atoms with van der Waals surface area (Å²) < 4.78 is 18.5. The van der Waals surface area contributed by atoms with E-state index in [1.807, 2.05) is 18.2 Å². The van der Waals surface area contributed by atoms with Crippen molar-refractivity contribution >= 4 is 10.9 Å². The average molecular weight is 391 g/mol. The number of halogens is 1. The summed E-state index contributed by atoms with van der Waals surface area (Å²) in [5.41, 5.74) is 4.26. The number of nitrogens with zero attached hydrogens (tertiary/aromatic N) is 4. The van der Waals surface area contributed by atoms with Crippen molar-refractivity contribution in [1.29, 1.82) is 0 Å². The summed E-state index contributed by atoms with van der Waals surface area (Å²) in [7, 11) is 0. The number of aromatic nitrogens is 4. The van der Waals surface area contributed by atoms with Crippen LogP contribution in [-0.2, 0) is 26.1 Å². The monoisotopic (exact) mass is 391 g/mol. The molecule has 0 saturated heterocycles. The molecule has 6 heteroatoms. The molecule has 2 aromatic heterocycles. The van der Waals surface area contributed by atoms with Crippen LogP contribution in [0.5, 0.6) is 0 Å². The average Bonchev–Trinajstić information content (AvgIpc) is 3.30. The van der Waals surface area contributed by atoms with Gasteiger partial charge in [-0.1, -0.05) is 36.4 Å². The van der Waals surface area contributed by atoms with E-state index < -0.39 is 0 Å². The number of hydrogen-bond donors (Lipinski definition) is 1. The molecule has 0 spiro atoms. The van der Waals surface area contributed by atoms with Crippen molar-refractivity contribution in [3.05, 3.63) is 83.3 Å². The smallest absolute Gasteiger partial charge is 0.134 e. The topological polar surface area (TPSA) is 47.7 Å². The molecule has 4 aromatic rings. The van der Waals surface area contributed by atoms with Gasteiger partial charge in [0.05, 0.1) is 6.54 Å². The molecule has 0 bridgehead atoms. The molecule has 150 valence electrons. The first kappa shape index (κ1) is 19.3. The fourth-order valence-corrected chi connectivity index (χ4v) is 3.88. The van der Waals surface area contributed by atoms with Crippen LogP contribution in [0.1, 0.15) is 29.6 Å².